The van der Waals surface area contributed by atoms with Gasteiger partial charge >= 0.3 is 0 Å². The highest BCUT2D eigenvalue weighted by Gasteiger charge is 2.31. The fraction of sp³-hybridized carbons (Fsp3) is 0.211. The average molecular weight is 421 g/mol. The van der Waals surface area contributed by atoms with Gasteiger partial charge in [-0.05, 0) is 43.4 Å². The number of rotatable bonds is 3. The summed E-state index contributed by atoms with van der Waals surface area (Å²) in [6, 6.07) is 12.7. The van der Waals surface area contributed by atoms with Crippen LogP contribution >= 0.6 is 35.4 Å². The standard InChI is InChI=1S/C19H18Cl2N4OS/c1-3-22-19(27)24-17-18(26)25(2)15-9-8-11(20)10-13(15)16(23-17)12-6-4-5-7-14(12)21/h4-10,17H,3H2,1-2H3,(H2,22,24,27). The molecule has 27 heavy (non-hydrogen) atoms. The molecule has 0 bridgehead atoms. The third kappa shape index (κ3) is 4.08. The summed E-state index contributed by atoms with van der Waals surface area (Å²) in [5.74, 6) is -0.235. The van der Waals surface area contributed by atoms with Gasteiger partial charge < -0.3 is 15.5 Å². The number of fused-ring (bicyclic) bond motifs is 1. The Hall–Kier alpha value is -2.15. The van der Waals surface area contributed by atoms with Crippen LogP contribution in [0.2, 0.25) is 10.0 Å². The molecule has 0 spiro atoms. The Labute approximate surface area is 173 Å². The maximum Gasteiger partial charge on any atom is 0.272 e. The van der Waals surface area contributed by atoms with Crippen LogP contribution in [0.25, 0.3) is 0 Å². The number of carbonyl (C=O) groups is 1. The molecule has 3 rings (SSSR count). The van der Waals surface area contributed by atoms with Gasteiger partial charge in [0.25, 0.3) is 5.91 Å². The van der Waals surface area contributed by atoms with Crippen molar-refractivity contribution in [2.75, 3.05) is 18.5 Å². The van der Waals surface area contributed by atoms with Crippen LogP contribution in [0.5, 0.6) is 0 Å². The summed E-state index contributed by atoms with van der Waals surface area (Å²) in [7, 11) is 1.70. The fourth-order valence-corrected chi connectivity index (χ4v) is 3.50. The Balaban J connectivity index is 2.19. The lowest BCUT2D eigenvalue weighted by molar-refractivity contribution is -0.119. The van der Waals surface area contributed by atoms with Crippen LogP contribution < -0.4 is 15.5 Å². The predicted molar refractivity (Wildman–Crippen MR) is 115 cm³/mol. The van der Waals surface area contributed by atoms with Crippen molar-refractivity contribution < 1.29 is 4.79 Å². The maximum atomic E-state index is 13.0. The van der Waals surface area contributed by atoms with E-state index in [-0.39, 0.29) is 5.91 Å². The minimum absolute atomic E-state index is 0.235. The summed E-state index contributed by atoms with van der Waals surface area (Å²) in [4.78, 5) is 19.2. The monoisotopic (exact) mass is 420 g/mol. The van der Waals surface area contributed by atoms with Gasteiger partial charge in [-0.15, -0.1) is 0 Å². The van der Waals surface area contributed by atoms with E-state index in [0.717, 1.165) is 5.56 Å². The first-order valence-corrected chi connectivity index (χ1v) is 9.53. The van der Waals surface area contributed by atoms with Gasteiger partial charge in [-0.2, -0.15) is 0 Å². The largest absolute Gasteiger partial charge is 0.363 e. The van der Waals surface area contributed by atoms with E-state index in [1.54, 1.807) is 36.2 Å². The van der Waals surface area contributed by atoms with Crippen LogP contribution in [-0.2, 0) is 4.79 Å². The third-order valence-electron chi connectivity index (χ3n) is 4.13. The van der Waals surface area contributed by atoms with E-state index < -0.39 is 6.17 Å². The third-order valence-corrected chi connectivity index (χ3v) is 4.96. The molecular formula is C19H18Cl2N4OS. The Morgan fingerprint density at radius 2 is 1.96 bits per heavy atom. The topological polar surface area (TPSA) is 56.7 Å². The van der Waals surface area contributed by atoms with Crippen molar-refractivity contribution in [3.05, 3.63) is 63.6 Å². The smallest absolute Gasteiger partial charge is 0.272 e. The quantitative estimate of drug-likeness (QED) is 0.744. The molecule has 2 N–H and O–H groups in total. The van der Waals surface area contributed by atoms with Crippen molar-refractivity contribution in [1.82, 2.24) is 10.6 Å². The predicted octanol–water partition coefficient (Wildman–Crippen LogP) is 3.62. The molecule has 140 valence electrons. The zero-order valence-corrected chi connectivity index (χ0v) is 17.1. The van der Waals surface area contributed by atoms with E-state index in [9.17, 15) is 4.79 Å². The van der Waals surface area contributed by atoms with Crippen molar-refractivity contribution in [3.63, 3.8) is 0 Å². The van der Waals surface area contributed by atoms with Crippen molar-refractivity contribution in [3.8, 4) is 0 Å². The van der Waals surface area contributed by atoms with Gasteiger partial charge in [-0.25, -0.2) is 4.99 Å². The molecule has 8 heteroatoms. The maximum absolute atomic E-state index is 13.0. The highest BCUT2D eigenvalue weighted by molar-refractivity contribution is 7.80. The van der Waals surface area contributed by atoms with Gasteiger partial charge in [0.15, 0.2) is 5.11 Å². The molecule has 1 unspecified atom stereocenters. The Morgan fingerprint density at radius 3 is 2.67 bits per heavy atom. The van der Waals surface area contributed by atoms with Crippen LogP contribution in [0.15, 0.2) is 47.5 Å². The summed E-state index contributed by atoms with van der Waals surface area (Å²) < 4.78 is 0. The first kappa shape index (κ1) is 19.6. The van der Waals surface area contributed by atoms with Crippen molar-refractivity contribution >= 4 is 57.8 Å². The van der Waals surface area contributed by atoms with Gasteiger partial charge in [0.2, 0.25) is 6.17 Å². The SMILES string of the molecule is CCNC(=S)NC1N=C(c2ccccc2Cl)c2cc(Cl)ccc2N(C)C1=O. The lowest BCUT2D eigenvalue weighted by Gasteiger charge is -2.21. The number of thiocarbonyl (C=S) groups is 1. The fourth-order valence-electron chi connectivity index (χ4n) is 2.84. The molecule has 1 heterocycles. The van der Waals surface area contributed by atoms with Crippen LogP contribution in [0.4, 0.5) is 5.69 Å². The van der Waals surface area contributed by atoms with Gasteiger partial charge in [0.1, 0.15) is 0 Å². The number of halogens is 2. The van der Waals surface area contributed by atoms with E-state index in [1.807, 2.05) is 25.1 Å². The molecule has 1 atom stereocenters. The number of carbonyl (C=O) groups excluding carboxylic acids is 1. The molecular weight excluding hydrogens is 403 g/mol. The second-order valence-electron chi connectivity index (χ2n) is 5.92. The first-order chi connectivity index (χ1) is 12.9. The average Bonchev–Trinajstić information content (AvgIpc) is 2.73. The Kier molecular flexibility index (Phi) is 5.99. The molecule has 0 saturated heterocycles. The van der Waals surface area contributed by atoms with Gasteiger partial charge in [0, 0.05) is 34.8 Å². The molecule has 5 nitrogen and oxygen atoms in total. The van der Waals surface area contributed by atoms with E-state index >= 15 is 0 Å². The molecule has 0 aliphatic carbocycles. The van der Waals surface area contributed by atoms with Crippen LogP contribution in [0.1, 0.15) is 18.1 Å². The van der Waals surface area contributed by atoms with Crippen LogP contribution in [0.3, 0.4) is 0 Å². The summed E-state index contributed by atoms with van der Waals surface area (Å²) in [5, 5.41) is 7.39. The number of nitrogens with zero attached hydrogens (tertiary/aromatic N) is 2. The molecule has 1 aliphatic heterocycles. The molecule has 2 aromatic carbocycles. The number of amides is 1. The lowest BCUT2D eigenvalue weighted by atomic mass is 10.00. The van der Waals surface area contributed by atoms with Gasteiger partial charge in [-0.3, -0.25) is 4.79 Å². The lowest BCUT2D eigenvalue weighted by Crippen LogP contribution is -2.49. The Bertz CT molecular complexity index is 932. The Morgan fingerprint density at radius 1 is 1.22 bits per heavy atom. The summed E-state index contributed by atoms with van der Waals surface area (Å²) >= 11 is 17.9. The van der Waals surface area contributed by atoms with E-state index in [2.05, 4.69) is 15.6 Å². The summed E-state index contributed by atoms with van der Waals surface area (Å²) in [6.07, 6.45) is -0.890. The number of benzene rings is 2. The zero-order chi connectivity index (χ0) is 19.6. The molecule has 1 amide bonds. The minimum Gasteiger partial charge on any atom is -0.363 e. The molecule has 0 saturated carbocycles. The zero-order valence-electron chi connectivity index (χ0n) is 14.8. The first-order valence-electron chi connectivity index (χ1n) is 8.37. The number of nitrogens with one attached hydrogen (secondary N) is 2. The normalized spacial score (nSPS) is 16.3. The van der Waals surface area contributed by atoms with Crippen LogP contribution in [0, 0.1) is 0 Å². The number of anilines is 1. The van der Waals surface area contributed by atoms with E-state index in [1.165, 1.54) is 0 Å². The van der Waals surface area contributed by atoms with Gasteiger partial charge in [0.05, 0.1) is 11.4 Å². The van der Waals surface area contributed by atoms with Gasteiger partial charge in [-0.1, -0.05) is 41.4 Å². The van der Waals surface area contributed by atoms with Crippen molar-refractivity contribution in [2.24, 2.45) is 4.99 Å². The number of benzodiazepines with no additional fused rings is 1. The number of aliphatic imine (C=N–C) groups is 1. The number of likely N-dealkylation sites (N-methyl/N-ethyl adjacent to an activating group) is 1. The van der Waals surface area contributed by atoms with Crippen LogP contribution in [-0.4, -0.2) is 36.5 Å². The summed E-state index contributed by atoms with van der Waals surface area (Å²) in [5.41, 5.74) is 2.71. The van der Waals surface area contributed by atoms with Crippen molar-refractivity contribution in [2.45, 2.75) is 13.1 Å². The second kappa shape index (κ2) is 8.25. The minimum atomic E-state index is -0.890. The summed E-state index contributed by atoms with van der Waals surface area (Å²) in [6.45, 7) is 2.56. The number of hydrogen-bond donors (Lipinski definition) is 2. The molecule has 0 aromatic heterocycles. The molecule has 0 fully saturated rings. The number of hydrogen-bond acceptors (Lipinski definition) is 3. The van der Waals surface area contributed by atoms with E-state index in [4.69, 9.17) is 35.4 Å². The molecule has 0 radical (unpaired) electrons. The van der Waals surface area contributed by atoms with Crippen molar-refractivity contribution in [1.29, 1.82) is 0 Å². The molecule has 1 aliphatic rings. The second-order valence-corrected chi connectivity index (χ2v) is 7.17. The highest BCUT2D eigenvalue weighted by atomic mass is 35.5. The van der Waals surface area contributed by atoms with E-state index in [0.29, 0.717) is 38.7 Å². The highest BCUT2D eigenvalue weighted by Crippen LogP contribution is 2.31. The molecule has 2 aromatic rings.